The van der Waals surface area contributed by atoms with E-state index in [0.717, 1.165) is 10.0 Å². The van der Waals surface area contributed by atoms with Crippen LogP contribution in [0.4, 0.5) is 5.82 Å². The van der Waals surface area contributed by atoms with Gasteiger partial charge in [-0.1, -0.05) is 28.1 Å². The number of anilines is 1. The van der Waals surface area contributed by atoms with E-state index < -0.39 is 0 Å². The van der Waals surface area contributed by atoms with Gasteiger partial charge in [0, 0.05) is 16.6 Å². The lowest BCUT2D eigenvalue weighted by Crippen LogP contribution is -2.13. The van der Waals surface area contributed by atoms with Gasteiger partial charge in [-0.2, -0.15) is 5.10 Å². The van der Waals surface area contributed by atoms with Crippen LogP contribution in [0.3, 0.4) is 0 Å². The number of nitrogens with one attached hydrogen (secondary N) is 1. The Labute approximate surface area is 141 Å². The molecule has 0 spiro atoms. The Balaban J connectivity index is 1.66. The van der Waals surface area contributed by atoms with Crippen molar-refractivity contribution in [3.8, 4) is 0 Å². The molecule has 116 valence electrons. The largest absolute Gasteiger partial charge is 0.465 e. The number of hydrogen-bond donors (Lipinski definition) is 1. The van der Waals surface area contributed by atoms with Crippen molar-refractivity contribution in [2.75, 3.05) is 5.32 Å². The van der Waals surface area contributed by atoms with E-state index in [9.17, 15) is 4.79 Å². The second-order valence-electron chi connectivity index (χ2n) is 4.84. The molecule has 1 N–H and O–H groups in total. The van der Waals surface area contributed by atoms with E-state index in [1.807, 2.05) is 24.3 Å². The highest BCUT2D eigenvalue weighted by atomic mass is 79.9. The molecule has 0 saturated heterocycles. The predicted molar refractivity (Wildman–Crippen MR) is 91.8 cm³/mol. The maximum absolute atomic E-state index is 12.0. The number of nitrogens with zero attached hydrogens (tertiary/aromatic N) is 2. The highest BCUT2D eigenvalue weighted by Crippen LogP contribution is 2.14. The van der Waals surface area contributed by atoms with E-state index in [-0.39, 0.29) is 5.91 Å². The fraction of sp³-hybridized carbons (Fsp3) is 0.0588. The summed E-state index contributed by atoms with van der Waals surface area (Å²) in [6.45, 7) is 0.581. The third-order valence-corrected chi connectivity index (χ3v) is 3.68. The standard InChI is InChI=1S/C17H14BrN3O2/c18-14-5-3-13(4-6-14)12-21-16(9-10-19-21)20-17(22)8-7-15-2-1-11-23-15/h1-11H,12H2,(H,20,22). The Morgan fingerprint density at radius 2 is 2.09 bits per heavy atom. The Kier molecular flexibility index (Phi) is 4.73. The van der Waals surface area contributed by atoms with Crippen LogP contribution in [-0.4, -0.2) is 15.7 Å². The highest BCUT2D eigenvalue weighted by Gasteiger charge is 2.06. The highest BCUT2D eigenvalue weighted by molar-refractivity contribution is 9.10. The number of aromatic nitrogens is 2. The van der Waals surface area contributed by atoms with Gasteiger partial charge in [0.2, 0.25) is 5.91 Å². The van der Waals surface area contributed by atoms with Crippen molar-refractivity contribution in [1.82, 2.24) is 9.78 Å². The summed E-state index contributed by atoms with van der Waals surface area (Å²) >= 11 is 3.41. The Morgan fingerprint density at radius 3 is 2.83 bits per heavy atom. The normalized spacial score (nSPS) is 11.0. The molecule has 1 amide bonds. The average Bonchev–Trinajstić information content (AvgIpc) is 3.20. The van der Waals surface area contributed by atoms with Crippen molar-refractivity contribution >= 4 is 33.7 Å². The minimum absolute atomic E-state index is 0.237. The minimum Gasteiger partial charge on any atom is -0.465 e. The molecule has 3 aromatic rings. The summed E-state index contributed by atoms with van der Waals surface area (Å²) in [5.41, 5.74) is 1.10. The van der Waals surface area contributed by atoms with Crippen LogP contribution in [0.5, 0.6) is 0 Å². The van der Waals surface area contributed by atoms with Gasteiger partial charge in [-0.3, -0.25) is 4.79 Å². The van der Waals surface area contributed by atoms with Crippen LogP contribution >= 0.6 is 15.9 Å². The Hall–Kier alpha value is -2.60. The third kappa shape index (κ3) is 4.20. The van der Waals surface area contributed by atoms with Crippen LogP contribution in [-0.2, 0) is 11.3 Å². The van der Waals surface area contributed by atoms with E-state index in [1.165, 1.54) is 6.08 Å². The number of halogens is 1. The first-order valence-corrected chi connectivity index (χ1v) is 7.79. The molecule has 6 heteroatoms. The van der Waals surface area contributed by atoms with Gasteiger partial charge in [0.05, 0.1) is 19.0 Å². The SMILES string of the molecule is O=C(C=Cc1ccco1)Nc1ccnn1Cc1ccc(Br)cc1. The zero-order valence-corrected chi connectivity index (χ0v) is 13.7. The number of benzene rings is 1. The van der Waals surface area contributed by atoms with Gasteiger partial charge >= 0.3 is 0 Å². The summed E-state index contributed by atoms with van der Waals surface area (Å²) in [6.07, 6.45) is 6.26. The first-order valence-electron chi connectivity index (χ1n) is 6.99. The molecule has 0 aliphatic rings. The molecule has 0 fully saturated rings. The molecule has 2 aromatic heterocycles. The number of amides is 1. The van der Waals surface area contributed by atoms with Gasteiger partial charge in [-0.15, -0.1) is 0 Å². The van der Waals surface area contributed by atoms with Crippen molar-refractivity contribution in [1.29, 1.82) is 0 Å². The summed E-state index contributed by atoms with van der Waals surface area (Å²) in [6, 6.07) is 13.3. The van der Waals surface area contributed by atoms with E-state index in [2.05, 4.69) is 26.3 Å². The smallest absolute Gasteiger partial charge is 0.249 e. The van der Waals surface area contributed by atoms with Crippen LogP contribution < -0.4 is 5.32 Å². The van der Waals surface area contributed by atoms with Gasteiger partial charge in [-0.25, -0.2) is 4.68 Å². The van der Waals surface area contributed by atoms with Crippen LogP contribution in [0, 0.1) is 0 Å². The fourth-order valence-electron chi connectivity index (χ4n) is 2.04. The molecule has 0 bridgehead atoms. The molecule has 0 aliphatic heterocycles. The van der Waals surface area contributed by atoms with Gasteiger partial charge < -0.3 is 9.73 Å². The Morgan fingerprint density at radius 1 is 1.26 bits per heavy atom. The number of furan rings is 1. The molecule has 23 heavy (non-hydrogen) atoms. The summed E-state index contributed by atoms with van der Waals surface area (Å²) in [7, 11) is 0. The maximum atomic E-state index is 12.0. The third-order valence-electron chi connectivity index (χ3n) is 3.16. The first-order chi connectivity index (χ1) is 11.2. The molecule has 0 saturated carbocycles. The average molecular weight is 372 g/mol. The topological polar surface area (TPSA) is 60.1 Å². The first kappa shape index (κ1) is 15.3. The zero-order valence-electron chi connectivity index (χ0n) is 12.1. The van der Waals surface area contributed by atoms with Crippen LogP contribution in [0.15, 0.2) is 69.9 Å². The molecule has 0 aliphatic carbocycles. The second-order valence-corrected chi connectivity index (χ2v) is 5.75. The molecule has 0 radical (unpaired) electrons. The molecule has 0 unspecified atom stereocenters. The van der Waals surface area contributed by atoms with Crippen LogP contribution in [0.25, 0.3) is 6.08 Å². The Bertz CT molecular complexity index is 805. The second kappa shape index (κ2) is 7.11. The lowest BCUT2D eigenvalue weighted by atomic mass is 10.2. The zero-order chi connectivity index (χ0) is 16.1. The molecular weight excluding hydrogens is 358 g/mol. The van der Waals surface area contributed by atoms with Crippen molar-refractivity contribution < 1.29 is 9.21 Å². The van der Waals surface area contributed by atoms with Crippen molar-refractivity contribution in [2.24, 2.45) is 0 Å². The van der Waals surface area contributed by atoms with E-state index in [0.29, 0.717) is 18.1 Å². The molecule has 1 aromatic carbocycles. The lowest BCUT2D eigenvalue weighted by Gasteiger charge is -2.08. The van der Waals surface area contributed by atoms with E-state index in [4.69, 9.17) is 4.42 Å². The minimum atomic E-state index is -0.237. The van der Waals surface area contributed by atoms with Gasteiger partial charge in [0.1, 0.15) is 11.6 Å². The van der Waals surface area contributed by atoms with Gasteiger partial charge in [-0.05, 0) is 35.9 Å². The predicted octanol–water partition coefficient (Wildman–Crippen LogP) is 3.94. The number of carbonyl (C=O) groups is 1. The van der Waals surface area contributed by atoms with E-state index in [1.54, 1.807) is 41.4 Å². The van der Waals surface area contributed by atoms with Gasteiger partial charge in [0.15, 0.2) is 0 Å². The van der Waals surface area contributed by atoms with Crippen molar-refractivity contribution in [3.63, 3.8) is 0 Å². The molecule has 0 atom stereocenters. The van der Waals surface area contributed by atoms with Crippen LogP contribution in [0.1, 0.15) is 11.3 Å². The fourth-order valence-corrected chi connectivity index (χ4v) is 2.30. The lowest BCUT2D eigenvalue weighted by molar-refractivity contribution is -0.111. The number of carbonyl (C=O) groups excluding carboxylic acids is 1. The molecular formula is C17H14BrN3O2. The maximum Gasteiger partial charge on any atom is 0.249 e. The van der Waals surface area contributed by atoms with E-state index >= 15 is 0 Å². The van der Waals surface area contributed by atoms with Gasteiger partial charge in [0.25, 0.3) is 0 Å². The summed E-state index contributed by atoms with van der Waals surface area (Å²) in [5.74, 6) is 1.03. The summed E-state index contributed by atoms with van der Waals surface area (Å²) in [5, 5.41) is 7.05. The van der Waals surface area contributed by atoms with Crippen molar-refractivity contribution in [2.45, 2.75) is 6.54 Å². The quantitative estimate of drug-likeness (QED) is 0.691. The molecule has 5 nitrogen and oxygen atoms in total. The number of hydrogen-bond acceptors (Lipinski definition) is 3. The van der Waals surface area contributed by atoms with Crippen LogP contribution in [0.2, 0.25) is 0 Å². The molecule has 2 heterocycles. The summed E-state index contributed by atoms with van der Waals surface area (Å²) in [4.78, 5) is 12.0. The molecule has 3 rings (SSSR count). The number of rotatable bonds is 5. The monoisotopic (exact) mass is 371 g/mol. The summed E-state index contributed by atoms with van der Waals surface area (Å²) < 4.78 is 7.91. The van der Waals surface area contributed by atoms with Crippen molar-refractivity contribution in [3.05, 3.63) is 76.8 Å².